The number of quaternary nitrogens is 1. The Kier molecular flexibility index (Phi) is 34.2. The van der Waals surface area contributed by atoms with Gasteiger partial charge in [-0.05, 0) is 49.9 Å². The molecule has 0 fully saturated rings. The summed E-state index contributed by atoms with van der Waals surface area (Å²) in [6.45, 7) is 7.39. The Balaban J connectivity index is 0.00000183. The van der Waals surface area contributed by atoms with E-state index in [0.717, 1.165) is 24.3 Å². The first-order valence-corrected chi connectivity index (χ1v) is 23.1. The molecule has 0 amide bonds. The number of nitrogens with zero attached hydrogens (tertiary/aromatic N) is 1. The van der Waals surface area contributed by atoms with Crippen LogP contribution in [0.5, 0.6) is 5.75 Å². The summed E-state index contributed by atoms with van der Waals surface area (Å²) >= 11 is 0. The predicted octanol–water partition coefficient (Wildman–Crippen LogP) is 13.9. The second kappa shape index (κ2) is 34.9. The van der Waals surface area contributed by atoms with E-state index in [9.17, 15) is 13.0 Å². The molecule has 0 saturated carbocycles. The van der Waals surface area contributed by atoms with Crippen LogP contribution < -0.4 is 0 Å². The first kappa shape index (κ1) is 48.9. The lowest BCUT2D eigenvalue weighted by Crippen LogP contribution is -2.41. The van der Waals surface area contributed by atoms with E-state index in [1.807, 2.05) is 0 Å². The Bertz CT molecular complexity index is 894. The normalized spacial score (nSPS) is 11.9. The molecule has 1 N–H and O–H groups in total. The number of phenols is 1. The zero-order valence-electron chi connectivity index (χ0n) is 33.9. The van der Waals surface area contributed by atoms with Crippen LogP contribution in [0.3, 0.4) is 0 Å². The molecule has 1 aromatic carbocycles. The predicted molar refractivity (Wildman–Crippen MR) is 217 cm³/mol. The molecule has 0 unspecified atom stereocenters. The van der Waals surface area contributed by atoms with E-state index in [2.05, 4.69) is 27.9 Å². The number of unbranched alkanes of at least 4 members (excludes halogenated alkanes) is 30. The van der Waals surface area contributed by atoms with Crippen LogP contribution in [-0.2, 0) is 10.1 Å². The highest BCUT2D eigenvalue weighted by Crippen LogP contribution is 2.17. The average Bonchev–Trinajstić information content (AvgIpc) is 3.08. The topological polar surface area (TPSA) is 77.4 Å². The van der Waals surface area contributed by atoms with Gasteiger partial charge in [0.05, 0.1) is 32.1 Å². The Hall–Kier alpha value is -1.11. The quantitative estimate of drug-likeness (QED) is 0.0430. The third kappa shape index (κ3) is 35.3. The number of hydrogen-bond donors (Lipinski definition) is 1. The fourth-order valence-electron chi connectivity index (χ4n) is 6.90. The SMILES string of the molecule is CCCCCCCCCCCCCCCCCC[N+](C)(C)CCCCCCCCCCCCCCCCCC.O=S(=O)([O-])c1ccc(O)cc1. The minimum absolute atomic E-state index is 0.0719. The molecule has 296 valence electrons. The Morgan fingerprint density at radius 1 is 0.440 bits per heavy atom. The molecule has 0 bridgehead atoms. The molecule has 50 heavy (non-hydrogen) atoms. The molecule has 5 nitrogen and oxygen atoms in total. The van der Waals surface area contributed by atoms with Crippen molar-refractivity contribution in [3.63, 3.8) is 0 Å². The fraction of sp³-hybridized carbons (Fsp3) is 0.864. The van der Waals surface area contributed by atoms with Crippen molar-refractivity contribution in [2.45, 2.75) is 224 Å². The summed E-state index contributed by atoms with van der Waals surface area (Å²) in [7, 11) is 0.557. The molecular weight excluding hydrogens is 639 g/mol. The largest absolute Gasteiger partial charge is 0.744 e. The lowest BCUT2D eigenvalue weighted by atomic mass is 10.0. The van der Waals surface area contributed by atoms with Crippen molar-refractivity contribution in [2.75, 3.05) is 27.2 Å². The van der Waals surface area contributed by atoms with Crippen molar-refractivity contribution in [2.24, 2.45) is 0 Å². The van der Waals surface area contributed by atoms with E-state index >= 15 is 0 Å². The highest BCUT2D eigenvalue weighted by atomic mass is 32.2. The average molecular weight is 724 g/mol. The molecule has 0 atom stereocenters. The maximum Gasteiger partial charge on any atom is 0.124 e. The number of benzene rings is 1. The highest BCUT2D eigenvalue weighted by molar-refractivity contribution is 7.85. The summed E-state index contributed by atoms with van der Waals surface area (Å²) in [4.78, 5) is -0.338. The molecule has 6 heteroatoms. The van der Waals surface area contributed by atoms with Crippen LogP contribution in [0.1, 0.15) is 219 Å². The summed E-state index contributed by atoms with van der Waals surface area (Å²) in [5.41, 5.74) is 0. The first-order chi connectivity index (χ1) is 24.1. The molecule has 1 aromatic rings. The Morgan fingerprint density at radius 3 is 0.880 bits per heavy atom. The number of hydrogen-bond acceptors (Lipinski definition) is 4. The second-order valence-corrected chi connectivity index (χ2v) is 17.3. The third-order valence-electron chi connectivity index (χ3n) is 10.4. The molecule has 0 saturated heterocycles. The van der Waals surface area contributed by atoms with Gasteiger partial charge < -0.3 is 14.1 Å². The van der Waals surface area contributed by atoms with Crippen LogP contribution in [0.4, 0.5) is 0 Å². The van der Waals surface area contributed by atoms with E-state index in [4.69, 9.17) is 5.11 Å². The van der Waals surface area contributed by atoms with Crippen molar-refractivity contribution in [1.29, 1.82) is 0 Å². The molecule has 0 heterocycles. The van der Waals surface area contributed by atoms with Crippen molar-refractivity contribution >= 4 is 10.1 Å². The van der Waals surface area contributed by atoms with E-state index in [1.54, 1.807) is 0 Å². The van der Waals surface area contributed by atoms with Crippen LogP contribution >= 0.6 is 0 Å². The Morgan fingerprint density at radius 2 is 0.660 bits per heavy atom. The summed E-state index contributed by atoms with van der Waals surface area (Å²) in [5, 5.41) is 8.73. The van der Waals surface area contributed by atoms with Crippen LogP contribution in [0.25, 0.3) is 0 Å². The Labute approximate surface area is 313 Å². The molecular formula is C44H85NO4S. The van der Waals surface area contributed by atoms with Gasteiger partial charge >= 0.3 is 0 Å². The lowest BCUT2D eigenvalue weighted by Gasteiger charge is -2.30. The smallest absolute Gasteiger partial charge is 0.124 e. The van der Waals surface area contributed by atoms with E-state index in [1.165, 1.54) is 223 Å². The second-order valence-electron chi connectivity index (χ2n) is 15.9. The fourth-order valence-corrected chi connectivity index (χ4v) is 7.37. The lowest BCUT2D eigenvalue weighted by molar-refractivity contribution is -0.890. The van der Waals surface area contributed by atoms with Gasteiger partial charge in [0.25, 0.3) is 0 Å². The van der Waals surface area contributed by atoms with Gasteiger partial charge in [-0.25, -0.2) is 8.42 Å². The minimum Gasteiger partial charge on any atom is -0.744 e. The molecule has 0 radical (unpaired) electrons. The van der Waals surface area contributed by atoms with Gasteiger partial charge in [-0.15, -0.1) is 0 Å². The standard InChI is InChI=1S/C38H80N.C6H6O4S/c1-5-7-9-11-13-15-17-19-21-23-25-27-29-31-33-35-37-39(3,4)38-36-34-32-30-28-26-24-22-20-18-16-14-12-10-8-6-2;7-5-1-3-6(4-2-5)11(8,9)10/h5-38H2,1-4H3;1-4,7H,(H,8,9,10)/q+1;/p-1. The summed E-state index contributed by atoms with van der Waals surface area (Å²) in [5.74, 6) is -0.0719. The van der Waals surface area contributed by atoms with Gasteiger partial charge in [-0.3, -0.25) is 0 Å². The van der Waals surface area contributed by atoms with Gasteiger partial charge in [0.15, 0.2) is 0 Å². The number of rotatable bonds is 35. The highest BCUT2D eigenvalue weighted by Gasteiger charge is 2.13. The first-order valence-electron chi connectivity index (χ1n) is 21.7. The third-order valence-corrected chi connectivity index (χ3v) is 11.2. The van der Waals surface area contributed by atoms with E-state index < -0.39 is 10.1 Å². The molecule has 0 aliphatic carbocycles. The van der Waals surface area contributed by atoms with Crippen LogP contribution in [0.2, 0.25) is 0 Å². The molecule has 0 aliphatic heterocycles. The molecule has 1 rings (SSSR count). The van der Waals surface area contributed by atoms with Crippen molar-refractivity contribution < 1.29 is 22.6 Å². The minimum atomic E-state index is -4.38. The molecule has 0 aromatic heterocycles. The molecule has 0 spiro atoms. The molecule has 0 aliphatic rings. The zero-order valence-corrected chi connectivity index (χ0v) is 34.7. The number of aromatic hydroxyl groups is 1. The van der Waals surface area contributed by atoms with Crippen molar-refractivity contribution in [1.82, 2.24) is 0 Å². The van der Waals surface area contributed by atoms with Crippen LogP contribution in [0, 0.1) is 0 Å². The van der Waals surface area contributed by atoms with Gasteiger partial charge in [0.1, 0.15) is 15.9 Å². The van der Waals surface area contributed by atoms with Gasteiger partial charge in [-0.2, -0.15) is 0 Å². The summed E-state index contributed by atoms with van der Waals surface area (Å²) < 4.78 is 32.2. The monoisotopic (exact) mass is 724 g/mol. The van der Waals surface area contributed by atoms with Crippen LogP contribution in [0.15, 0.2) is 29.2 Å². The van der Waals surface area contributed by atoms with Crippen molar-refractivity contribution in [3.05, 3.63) is 24.3 Å². The number of phenolic OH excluding ortho intramolecular Hbond substituents is 1. The van der Waals surface area contributed by atoms with Gasteiger partial charge in [-0.1, -0.05) is 194 Å². The van der Waals surface area contributed by atoms with Gasteiger partial charge in [0, 0.05) is 0 Å². The zero-order chi connectivity index (χ0) is 37.0. The van der Waals surface area contributed by atoms with E-state index in [0.29, 0.717) is 0 Å². The summed E-state index contributed by atoms with van der Waals surface area (Å²) in [6.07, 6.45) is 46.9. The van der Waals surface area contributed by atoms with Crippen LogP contribution in [-0.4, -0.2) is 49.7 Å². The van der Waals surface area contributed by atoms with Crippen molar-refractivity contribution in [3.8, 4) is 5.75 Å². The van der Waals surface area contributed by atoms with Gasteiger partial charge in [0.2, 0.25) is 0 Å². The van der Waals surface area contributed by atoms with E-state index in [-0.39, 0.29) is 10.6 Å². The maximum absolute atomic E-state index is 10.3. The maximum atomic E-state index is 10.3. The summed E-state index contributed by atoms with van der Waals surface area (Å²) in [6, 6.07) is 4.39.